The summed E-state index contributed by atoms with van der Waals surface area (Å²) in [7, 11) is 0. The van der Waals surface area contributed by atoms with Crippen LogP contribution < -0.4 is 4.74 Å². The molecule has 0 N–H and O–H groups in total. The number of Topliss-reactive ketones (excluding diaryl/α,β-unsaturated/α-hetero) is 1. The van der Waals surface area contributed by atoms with E-state index in [1.807, 2.05) is 6.92 Å². The highest BCUT2D eigenvalue weighted by atomic mass is 19.1. The molecule has 2 nitrogen and oxygen atoms in total. The number of unbranched alkanes of at least 4 members (excludes halogenated alkanes) is 4. The lowest BCUT2D eigenvalue weighted by Crippen LogP contribution is -2.14. The molecule has 1 fully saturated rings. The Balaban J connectivity index is 1.58. The van der Waals surface area contributed by atoms with Gasteiger partial charge in [-0.25, -0.2) is 4.39 Å². The second-order valence-electron chi connectivity index (χ2n) is 8.89. The number of hydrogen-bond acceptors (Lipinski definition) is 2. The van der Waals surface area contributed by atoms with E-state index in [-0.39, 0.29) is 11.5 Å². The first kappa shape index (κ1) is 23.9. The molecule has 0 unspecified atom stereocenters. The Morgan fingerprint density at radius 3 is 2.24 bits per heavy atom. The van der Waals surface area contributed by atoms with E-state index >= 15 is 0 Å². The van der Waals surface area contributed by atoms with Gasteiger partial charge in [0.25, 0.3) is 0 Å². The van der Waals surface area contributed by atoms with E-state index in [1.165, 1.54) is 64.2 Å². The highest BCUT2D eigenvalue weighted by molar-refractivity contribution is 5.97. The quantitative estimate of drug-likeness (QED) is 0.245. The van der Waals surface area contributed by atoms with E-state index in [4.69, 9.17) is 4.74 Å². The topological polar surface area (TPSA) is 26.3 Å². The molecule has 0 aromatic heterocycles. The van der Waals surface area contributed by atoms with Gasteiger partial charge >= 0.3 is 0 Å². The molecule has 0 spiro atoms. The SMILES string of the molecule is CCCC1CCC(CCCCCCCC(=O)c2ccc(OCC)c(F)c2C)CC1. The summed E-state index contributed by atoms with van der Waals surface area (Å²) in [5, 5.41) is 0. The first-order valence-electron chi connectivity index (χ1n) is 12.0. The largest absolute Gasteiger partial charge is 0.491 e. The summed E-state index contributed by atoms with van der Waals surface area (Å²) in [6.45, 7) is 6.22. The maximum atomic E-state index is 14.3. The average molecular weight is 405 g/mol. The standard InChI is InChI=1S/C26H41FO2/c1-4-11-21-14-16-22(17-15-21)12-9-7-6-8-10-13-24(28)23-18-19-25(29-5-2)26(27)20(23)3/h18-19,21-22H,4-17H2,1-3H3. The van der Waals surface area contributed by atoms with E-state index in [9.17, 15) is 9.18 Å². The molecular weight excluding hydrogens is 363 g/mol. The number of halogens is 1. The third kappa shape index (κ3) is 7.75. The highest BCUT2D eigenvalue weighted by Crippen LogP contribution is 2.34. The first-order chi connectivity index (χ1) is 14.1. The van der Waals surface area contributed by atoms with Gasteiger partial charge in [0, 0.05) is 12.0 Å². The number of rotatable bonds is 13. The van der Waals surface area contributed by atoms with E-state index < -0.39 is 5.82 Å². The van der Waals surface area contributed by atoms with Gasteiger partial charge in [0.2, 0.25) is 0 Å². The molecule has 1 aliphatic carbocycles. The van der Waals surface area contributed by atoms with E-state index in [1.54, 1.807) is 19.1 Å². The molecule has 29 heavy (non-hydrogen) atoms. The van der Waals surface area contributed by atoms with Crippen molar-refractivity contribution in [2.24, 2.45) is 11.8 Å². The first-order valence-corrected chi connectivity index (χ1v) is 12.0. The average Bonchev–Trinajstić information content (AvgIpc) is 2.72. The molecule has 0 heterocycles. The summed E-state index contributed by atoms with van der Waals surface area (Å²) >= 11 is 0. The Labute approximate surface area is 177 Å². The van der Waals surface area contributed by atoms with Crippen LogP contribution in [0.25, 0.3) is 0 Å². The third-order valence-corrected chi connectivity index (χ3v) is 6.63. The van der Waals surface area contributed by atoms with E-state index in [0.29, 0.717) is 24.2 Å². The molecule has 0 atom stereocenters. The van der Waals surface area contributed by atoms with Crippen molar-refractivity contribution in [2.45, 2.75) is 104 Å². The van der Waals surface area contributed by atoms with Crippen LogP contribution in [0.1, 0.15) is 113 Å². The molecule has 1 aromatic carbocycles. The zero-order valence-electron chi connectivity index (χ0n) is 18.9. The van der Waals surface area contributed by atoms with Crippen LogP contribution in [0.15, 0.2) is 12.1 Å². The van der Waals surface area contributed by atoms with Gasteiger partial charge < -0.3 is 4.74 Å². The number of carbonyl (C=O) groups excluding carboxylic acids is 1. The van der Waals surface area contributed by atoms with Crippen molar-refractivity contribution < 1.29 is 13.9 Å². The predicted molar refractivity (Wildman–Crippen MR) is 119 cm³/mol. The molecule has 1 aromatic rings. The van der Waals surface area contributed by atoms with Gasteiger partial charge in [0.1, 0.15) is 0 Å². The molecule has 164 valence electrons. The second kappa shape index (κ2) is 13.0. The molecule has 0 radical (unpaired) electrons. The van der Waals surface area contributed by atoms with Crippen LogP contribution in [-0.2, 0) is 0 Å². The maximum Gasteiger partial charge on any atom is 0.168 e. The monoisotopic (exact) mass is 404 g/mol. The van der Waals surface area contributed by atoms with Crippen LogP contribution in [-0.4, -0.2) is 12.4 Å². The van der Waals surface area contributed by atoms with Crippen molar-refractivity contribution in [3.05, 3.63) is 29.1 Å². The van der Waals surface area contributed by atoms with Gasteiger partial charge in [-0.1, -0.05) is 77.6 Å². The fraction of sp³-hybridized carbons (Fsp3) is 0.731. The molecule has 1 saturated carbocycles. The van der Waals surface area contributed by atoms with Gasteiger partial charge in [-0.2, -0.15) is 0 Å². The van der Waals surface area contributed by atoms with Gasteiger partial charge in [-0.05, 0) is 49.8 Å². The number of benzene rings is 1. The fourth-order valence-corrected chi connectivity index (χ4v) is 4.83. The number of hydrogen-bond donors (Lipinski definition) is 0. The van der Waals surface area contributed by atoms with Crippen LogP contribution in [0.4, 0.5) is 4.39 Å². The Bertz CT molecular complexity index is 617. The fourth-order valence-electron chi connectivity index (χ4n) is 4.83. The van der Waals surface area contributed by atoms with Crippen molar-refractivity contribution in [2.75, 3.05) is 6.61 Å². The van der Waals surface area contributed by atoms with Crippen molar-refractivity contribution in [3.63, 3.8) is 0 Å². The summed E-state index contributed by atoms with van der Waals surface area (Å²) in [5.41, 5.74) is 0.916. The zero-order chi connectivity index (χ0) is 21.1. The van der Waals surface area contributed by atoms with Crippen molar-refractivity contribution in [1.82, 2.24) is 0 Å². The number of ether oxygens (including phenoxy) is 1. The predicted octanol–water partition coefficient (Wildman–Crippen LogP) is 8.05. The van der Waals surface area contributed by atoms with Gasteiger partial charge in [0.15, 0.2) is 17.3 Å². The lowest BCUT2D eigenvalue weighted by molar-refractivity contribution is 0.0978. The van der Waals surface area contributed by atoms with Crippen LogP contribution in [0.2, 0.25) is 0 Å². The summed E-state index contributed by atoms with van der Waals surface area (Å²) < 4.78 is 19.5. The highest BCUT2D eigenvalue weighted by Gasteiger charge is 2.20. The van der Waals surface area contributed by atoms with Crippen LogP contribution in [0, 0.1) is 24.6 Å². The summed E-state index contributed by atoms with van der Waals surface area (Å²) in [4.78, 5) is 12.4. The molecule has 1 aliphatic rings. The van der Waals surface area contributed by atoms with Gasteiger partial charge in [-0.15, -0.1) is 0 Å². The van der Waals surface area contributed by atoms with E-state index in [0.717, 1.165) is 24.7 Å². The summed E-state index contributed by atoms with van der Waals surface area (Å²) in [6, 6.07) is 3.29. The summed E-state index contributed by atoms with van der Waals surface area (Å²) in [6.07, 6.45) is 16.3. The lowest BCUT2D eigenvalue weighted by atomic mass is 9.78. The van der Waals surface area contributed by atoms with Crippen molar-refractivity contribution in [1.29, 1.82) is 0 Å². The van der Waals surface area contributed by atoms with Crippen molar-refractivity contribution >= 4 is 5.78 Å². The second-order valence-corrected chi connectivity index (χ2v) is 8.89. The van der Waals surface area contributed by atoms with Crippen LogP contribution in [0.5, 0.6) is 5.75 Å². The smallest absolute Gasteiger partial charge is 0.168 e. The van der Waals surface area contributed by atoms with Crippen LogP contribution in [0.3, 0.4) is 0 Å². The molecule has 0 amide bonds. The van der Waals surface area contributed by atoms with Gasteiger partial charge in [0.05, 0.1) is 6.61 Å². The molecule has 3 heteroatoms. The Morgan fingerprint density at radius 2 is 1.59 bits per heavy atom. The van der Waals surface area contributed by atoms with E-state index in [2.05, 4.69) is 6.92 Å². The van der Waals surface area contributed by atoms with Crippen LogP contribution >= 0.6 is 0 Å². The minimum atomic E-state index is -0.401. The maximum absolute atomic E-state index is 14.3. The minimum absolute atomic E-state index is 0.0493. The molecule has 0 aliphatic heterocycles. The molecule has 2 rings (SSSR count). The number of carbonyl (C=O) groups is 1. The molecule has 0 saturated heterocycles. The zero-order valence-corrected chi connectivity index (χ0v) is 18.9. The third-order valence-electron chi connectivity index (χ3n) is 6.63. The Morgan fingerprint density at radius 1 is 0.966 bits per heavy atom. The Kier molecular flexibility index (Phi) is 10.7. The summed E-state index contributed by atoms with van der Waals surface area (Å²) in [5.74, 6) is 1.85. The Hall–Kier alpha value is -1.38. The van der Waals surface area contributed by atoms with Crippen molar-refractivity contribution in [3.8, 4) is 5.75 Å². The minimum Gasteiger partial charge on any atom is -0.491 e. The number of ketones is 1. The van der Waals surface area contributed by atoms with Gasteiger partial charge in [-0.3, -0.25) is 4.79 Å². The lowest BCUT2D eigenvalue weighted by Gasteiger charge is -2.28. The normalized spacial score (nSPS) is 19.3. The molecular formula is C26H41FO2. The molecule has 0 bridgehead atoms.